The number of rotatable bonds is 5. The van der Waals surface area contributed by atoms with Crippen molar-refractivity contribution >= 4 is 55.6 Å². The van der Waals surface area contributed by atoms with E-state index in [1.165, 1.54) is 10.3 Å². The highest BCUT2D eigenvalue weighted by Gasteiger charge is 2.17. The Bertz CT molecular complexity index is 935. The molecule has 27 heavy (non-hydrogen) atoms. The van der Waals surface area contributed by atoms with Crippen molar-refractivity contribution in [2.75, 3.05) is 49.5 Å². The predicted octanol–water partition coefficient (Wildman–Crippen LogP) is 5.15. The van der Waals surface area contributed by atoms with Crippen molar-refractivity contribution in [2.45, 2.75) is 6.92 Å². The largest absolute Gasteiger partial charge is 0.369 e. The van der Waals surface area contributed by atoms with Crippen LogP contribution in [0.1, 0.15) is 5.56 Å². The van der Waals surface area contributed by atoms with Crippen molar-refractivity contribution in [3.63, 3.8) is 0 Å². The molecular formula is C20H22Cl2N4S. The Balaban J connectivity index is 1.26. The smallest absolute Gasteiger partial charge is 0.183 e. The molecular weight excluding hydrogens is 399 g/mol. The van der Waals surface area contributed by atoms with Crippen LogP contribution in [0.2, 0.25) is 10.0 Å². The summed E-state index contributed by atoms with van der Waals surface area (Å²) in [5.41, 5.74) is 3.49. The summed E-state index contributed by atoms with van der Waals surface area (Å²) in [6.07, 6.45) is 0. The van der Waals surface area contributed by atoms with E-state index in [0.29, 0.717) is 10.0 Å². The molecule has 0 bridgehead atoms. The average molecular weight is 421 g/mol. The van der Waals surface area contributed by atoms with Gasteiger partial charge in [0.25, 0.3) is 0 Å². The number of anilines is 2. The van der Waals surface area contributed by atoms with Gasteiger partial charge in [-0.25, -0.2) is 4.98 Å². The Morgan fingerprint density at radius 3 is 2.63 bits per heavy atom. The zero-order valence-corrected chi connectivity index (χ0v) is 17.5. The zero-order valence-electron chi connectivity index (χ0n) is 15.2. The summed E-state index contributed by atoms with van der Waals surface area (Å²) in [5.74, 6) is 0. The van der Waals surface area contributed by atoms with E-state index in [9.17, 15) is 0 Å². The van der Waals surface area contributed by atoms with E-state index < -0.39 is 0 Å². The van der Waals surface area contributed by atoms with Gasteiger partial charge >= 0.3 is 0 Å². The maximum Gasteiger partial charge on any atom is 0.183 e. The zero-order chi connectivity index (χ0) is 18.8. The number of thiazole rings is 1. The van der Waals surface area contributed by atoms with Gasteiger partial charge in [0.05, 0.1) is 20.3 Å². The lowest BCUT2D eigenvalue weighted by atomic mass is 10.2. The van der Waals surface area contributed by atoms with Gasteiger partial charge in [-0.15, -0.1) is 0 Å². The predicted molar refractivity (Wildman–Crippen MR) is 118 cm³/mol. The molecule has 4 rings (SSSR count). The Hall–Kier alpha value is -1.53. The van der Waals surface area contributed by atoms with Crippen molar-refractivity contribution in [3.8, 4) is 0 Å². The number of nitrogens with zero attached hydrogens (tertiary/aromatic N) is 3. The topological polar surface area (TPSA) is 31.4 Å². The highest BCUT2D eigenvalue weighted by Crippen LogP contribution is 2.28. The molecule has 0 amide bonds. The first-order valence-electron chi connectivity index (χ1n) is 9.12. The number of benzene rings is 2. The van der Waals surface area contributed by atoms with Crippen molar-refractivity contribution in [1.82, 2.24) is 9.88 Å². The molecule has 2 aromatic carbocycles. The van der Waals surface area contributed by atoms with Crippen LogP contribution in [0, 0.1) is 6.92 Å². The minimum absolute atomic E-state index is 0.607. The van der Waals surface area contributed by atoms with Gasteiger partial charge in [0.15, 0.2) is 5.13 Å². The van der Waals surface area contributed by atoms with E-state index in [-0.39, 0.29) is 0 Å². The van der Waals surface area contributed by atoms with Crippen LogP contribution in [0.15, 0.2) is 36.4 Å². The summed E-state index contributed by atoms with van der Waals surface area (Å²) in [7, 11) is 0. The lowest BCUT2D eigenvalue weighted by Gasteiger charge is -2.36. The first-order valence-corrected chi connectivity index (χ1v) is 10.7. The van der Waals surface area contributed by atoms with Crippen LogP contribution in [0.25, 0.3) is 10.2 Å². The van der Waals surface area contributed by atoms with Gasteiger partial charge in [-0.3, -0.25) is 4.90 Å². The van der Waals surface area contributed by atoms with E-state index >= 15 is 0 Å². The molecule has 1 fully saturated rings. The number of hydrogen-bond donors (Lipinski definition) is 1. The van der Waals surface area contributed by atoms with E-state index in [1.54, 1.807) is 11.3 Å². The fourth-order valence-electron chi connectivity index (χ4n) is 3.34. The molecule has 1 saturated heterocycles. The van der Waals surface area contributed by atoms with E-state index in [1.807, 2.05) is 18.2 Å². The lowest BCUT2D eigenvalue weighted by Crippen LogP contribution is -2.47. The summed E-state index contributed by atoms with van der Waals surface area (Å²) in [5, 5.41) is 5.71. The summed E-state index contributed by atoms with van der Waals surface area (Å²) >= 11 is 13.9. The molecule has 0 unspecified atom stereocenters. The number of hydrogen-bond acceptors (Lipinski definition) is 5. The molecule has 2 heterocycles. The maximum absolute atomic E-state index is 6.14. The van der Waals surface area contributed by atoms with Gasteiger partial charge < -0.3 is 10.2 Å². The van der Waals surface area contributed by atoms with Crippen molar-refractivity contribution in [1.29, 1.82) is 0 Å². The summed E-state index contributed by atoms with van der Waals surface area (Å²) < 4.78 is 1.24. The second-order valence-electron chi connectivity index (χ2n) is 6.84. The van der Waals surface area contributed by atoms with Crippen LogP contribution in [-0.2, 0) is 0 Å². The molecule has 142 valence electrons. The second kappa shape index (κ2) is 8.23. The molecule has 3 aromatic rings. The molecule has 1 aliphatic rings. The minimum atomic E-state index is 0.607. The van der Waals surface area contributed by atoms with Gasteiger partial charge in [-0.05, 0) is 42.8 Å². The normalized spacial score (nSPS) is 15.4. The van der Waals surface area contributed by atoms with Gasteiger partial charge in [0.1, 0.15) is 0 Å². The number of fused-ring (bicyclic) bond motifs is 1. The van der Waals surface area contributed by atoms with Crippen molar-refractivity contribution in [2.24, 2.45) is 0 Å². The fourth-order valence-corrected chi connectivity index (χ4v) is 4.62. The van der Waals surface area contributed by atoms with Crippen molar-refractivity contribution in [3.05, 3.63) is 52.0 Å². The van der Waals surface area contributed by atoms with Gasteiger partial charge in [0, 0.05) is 45.0 Å². The molecule has 0 radical (unpaired) electrons. The monoisotopic (exact) mass is 420 g/mol. The molecule has 0 saturated carbocycles. The van der Waals surface area contributed by atoms with Crippen LogP contribution >= 0.6 is 34.5 Å². The maximum atomic E-state index is 6.14. The fraction of sp³-hybridized carbons (Fsp3) is 0.350. The van der Waals surface area contributed by atoms with E-state index in [0.717, 1.165) is 55.6 Å². The summed E-state index contributed by atoms with van der Waals surface area (Å²) in [6.45, 7) is 8.12. The first-order chi connectivity index (χ1) is 13.1. The molecule has 1 aliphatic heterocycles. The second-order valence-corrected chi connectivity index (χ2v) is 8.69. The van der Waals surface area contributed by atoms with Crippen LogP contribution in [-0.4, -0.2) is 49.2 Å². The quantitative estimate of drug-likeness (QED) is 0.618. The molecule has 1 aromatic heterocycles. The Kier molecular flexibility index (Phi) is 5.74. The standard InChI is InChI=1S/C20H22Cl2N4S/c1-14-2-5-18-19(12-14)27-20(24-18)23-6-7-25-8-10-26(11-9-25)15-3-4-16(21)17(22)13-15/h2-5,12-13H,6-11H2,1H3,(H,23,24). The highest BCUT2D eigenvalue weighted by atomic mass is 35.5. The first kappa shape index (κ1) is 18.8. The lowest BCUT2D eigenvalue weighted by molar-refractivity contribution is 0.267. The third-order valence-electron chi connectivity index (χ3n) is 4.89. The number of piperazine rings is 1. The molecule has 7 heteroatoms. The van der Waals surface area contributed by atoms with E-state index in [2.05, 4.69) is 45.2 Å². The third kappa shape index (κ3) is 4.49. The van der Waals surface area contributed by atoms with Gasteiger partial charge in [-0.1, -0.05) is 40.6 Å². The van der Waals surface area contributed by atoms with Crippen molar-refractivity contribution < 1.29 is 0 Å². The van der Waals surface area contributed by atoms with Crippen LogP contribution < -0.4 is 10.2 Å². The number of aromatic nitrogens is 1. The summed E-state index contributed by atoms with van der Waals surface area (Å²) in [4.78, 5) is 9.51. The molecule has 0 aliphatic carbocycles. The number of halogens is 2. The highest BCUT2D eigenvalue weighted by molar-refractivity contribution is 7.22. The number of nitrogens with one attached hydrogen (secondary N) is 1. The minimum Gasteiger partial charge on any atom is -0.369 e. The third-order valence-corrected chi connectivity index (χ3v) is 6.60. The van der Waals surface area contributed by atoms with Gasteiger partial charge in [-0.2, -0.15) is 0 Å². The van der Waals surface area contributed by atoms with E-state index in [4.69, 9.17) is 23.2 Å². The SMILES string of the molecule is Cc1ccc2nc(NCCN3CCN(c4ccc(Cl)c(Cl)c4)CC3)sc2c1. The molecule has 0 spiro atoms. The average Bonchev–Trinajstić information content (AvgIpc) is 3.06. The Morgan fingerprint density at radius 1 is 1.04 bits per heavy atom. The Morgan fingerprint density at radius 2 is 1.85 bits per heavy atom. The molecule has 0 atom stereocenters. The van der Waals surface area contributed by atoms with Crippen LogP contribution in [0.4, 0.5) is 10.8 Å². The van der Waals surface area contributed by atoms with Crippen LogP contribution in [0.5, 0.6) is 0 Å². The Labute approximate surface area is 173 Å². The van der Waals surface area contributed by atoms with Gasteiger partial charge in [0.2, 0.25) is 0 Å². The molecule has 4 nitrogen and oxygen atoms in total. The molecule has 1 N–H and O–H groups in total. The summed E-state index contributed by atoms with van der Waals surface area (Å²) in [6, 6.07) is 12.3. The van der Waals surface area contributed by atoms with Crippen LogP contribution in [0.3, 0.4) is 0 Å². The number of aryl methyl sites for hydroxylation is 1.